The summed E-state index contributed by atoms with van der Waals surface area (Å²) in [4.78, 5) is 14.7. The van der Waals surface area contributed by atoms with E-state index in [1.807, 2.05) is 30.3 Å². The first-order valence-corrected chi connectivity index (χ1v) is 13.0. The standard InChI is InChI=1S/C28H19BrFNO3S2/c1-33-24-14-17(15-25-27(32)31(28(35)36-25)23-12-5-4-11-22(23)30)13-21(29)26(24)34-16-19-9-6-8-18-7-2-3-10-20(18)19/h2-15H,16H2,1H3/b25-15-. The van der Waals surface area contributed by atoms with Crippen LogP contribution in [0.1, 0.15) is 11.1 Å². The number of nitrogens with zero attached hydrogens (tertiary/aromatic N) is 1. The first-order chi connectivity index (χ1) is 17.5. The summed E-state index contributed by atoms with van der Waals surface area (Å²) in [7, 11) is 1.56. The Morgan fingerprint density at radius 3 is 2.61 bits per heavy atom. The number of amides is 1. The number of hydrogen-bond acceptors (Lipinski definition) is 5. The second kappa shape index (κ2) is 10.4. The van der Waals surface area contributed by atoms with Crippen LogP contribution in [0.2, 0.25) is 0 Å². The van der Waals surface area contributed by atoms with E-state index in [9.17, 15) is 9.18 Å². The van der Waals surface area contributed by atoms with Crippen molar-refractivity contribution >= 4 is 72.7 Å². The van der Waals surface area contributed by atoms with E-state index in [0.29, 0.717) is 33.0 Å². The Morgan fingerprint density at radius 2 is 1.81 bits per heavy atom. The minimum absolute atomic E-state index is 0.138. The van der Waals surface area contributed by atoms with Crippen molar-refractivity contribution in [1.82, 2.24) is 0 Å². The van der Waals surface area contributed by atoms with Gasteiger partial charge in [-0.05, 0) is 68.2 Å². The third kappa shape index (κ3) is 4.76. The fourth-order valence-electron chi connectivity index (χ4n) is 3.99. The number of thioether (sulfide) groups is 1. The number of halogens is 2. The van der Waals surface area contributed by atoms with E-state index < -0.39 is 5.82 Å². The Kier molecular flexibility index (Phi) is 7.09. The molecule has 8 heteroatoms. The summed E-state index contributed by atoms with van der Waals surface area (Å²) in [6.07, 6.45) is 1.71. The van der Waals surface area contributed by atoms with Crippen LogP contribution in [0.3, 0.4) is 0 Å². The second-order valence-electron chi connectivity index (χ2n) is 7.93. The van der Waals surface area contributed by atoms with Crippen LogP contribution in [-0.4, -0.2) is 17.3 Å². The molecule has 36 heavy (non-hydrogen) atoms. The predicted molar refractivity (Wildman–Crippen MR) is 151 cm³/mol. The zero-order valence-corrected chi connectivity index (χ0v) is 22.3. The van der Waals surface area contributed by atoms with E-state index in [1.165, 1.54) is 17.0 Å². The van der Waals surface area contributed by atoms with E-state index in [4.69, 9.17) is 21.7 Å². The maximum atomic E-state index is 14.3. The van der Waals surface area contributed by atoms with Crippen molar-refractivity contribution in [2.24, 2.45) is 0 Å². The molecule has 0 N–H and O–H groups in total. The Morgan fingerprint density at radius 1 is 1.06 bits per heavy atom. The summed E-state index contributed by atoms with van der Waals surface area (Å²) in [5, 5.41) is 2.27. The van der Waals surface area contributed by atoms with Gasteiger partial charge in [0.05, 0.1) is 22.2 Å². The van der Waals surface area contributed by atoms with Gasteiger partial charge in [0, 0.05) is 0 Å². The lowest BCUT2D eigenvalue weighted by atomic mass is 10.1. The molecular weight excluding hydrogens is 561 g/mol. The van der Waals surface area contributed by atoms with E-state index in [-0.39, 0.29) is 15.9 Å². The molecule has 0 atom stereocenters. The van der Waals surface area contributed by atoms with Crippen molar-refractivity contribution in [3.8, 4) is 11.5 Å². The van der Waals surface area contributed by atoms with Gasteiger partial charge in [0.1, 0.15) is 12.4 Å². The Labute approximate surface area is 225 Å². The number of methoxy groups -OCH3 is 1. The highest BCUT2D eigenvalue weighted by molar-refractivity contribution is 9.10. The SMILES string of the molecule is COc1cc(/C=C2\SC(=S)N(c3ccccc3F)C2=O)cc(Br)c1OCc1cccc2ccccc12. The fraction of sp³-hybridized carbons (Fsp3) is 0.0714. The molecule has 4 aromatic rings. The molecule has 1 amide bonds. The zero-order chi connectivity index (χ0) is 25.2. The van der Waals surface area contributed by atoms with E-state index in [1.54, 1.807) is 31.4 Å². The summed E-state index contributed by atoms with van der Waals surface area (Å²) >= 11 is 10.1. The van der Waals surface area contributed by atoms with Crippen LogP contribution in [-0.2, 0) is 11.4 Å². The number of hydrogen-bond donors (Lipinski definition) is 0. The summed E-state index contributed by atoms with van der Waals surface area (Å²) < 4.78 is 27.0. The van der Waals surface area contributed by atoms with Gasteiger partial charge in [-0.25, -0.2) is 4.39 Å². The number of carbonyl (C=O) groups excluding carboxylic acids is 1. The summed E-state index contributed by atoms with van der Waals surface area (Å²) in [5.74, 6) is 0.190. The predicted octanol–water partition coefficient (Wildman–Crippen LogP) is 7.73. The van der Waals surface area contributed by atoms with Crippen molar-refractivity contribution in [3.63, 3.8) is 0 Å². The van der Waals surface area contributed by atoms with Gasteiger partial charge in [0.2, 0.25) is 0 Å². The lowest BCUT2D eigenvalue weighted by Gasteiger charge is -2.15. The third-order valence-corrected chi connectivity index (χ3v) is 7.58. The van der Waals surface area contributed by atoms with Crippen molar-refractivity contribution in [3.05, 3.63) is 105 Å². The van der Waals surface area contributed by atoms with Crippen LogP contribution in [0.4, 0.5) is 10.1 Å². The molecule has 1 fully saturated rings. The van der Waals surface area contributed by atoms with Crippen LogP contribution in [0.25, 0.3) is 16.8 Å². The number of rotatable bonds is 6. The number of thiocarbonyl (C=S) groups is 1. The van der Waals surface area contributed by atoms with Crippen LogP contribution < -0.4 is 14.4 Å². The Bertz CT molecular complexity index is 1530. The lowest BCUT2D eigenvalue weighted by molar-refractivity contribution is -0.113. The highest BCUT2D eigenvalue weighted by Gasteiger charge is 2.34. The molecule has 0 spiro atoms. The molecule has 1 saturated heterocycles. The minimum atomic E-state index is -0.507. The van der Waals surface area contributed by atoms with Crippen molar-refractivity contribution in [2.45, 2.75) is 6.61 Å². The topological polar surface area (TPSA) is 38.8 Å². The molecule has 180 valence electrons. The molecule has 4 nitrogen and oxygen atoms in total. The first-order valence-electron chi connectivity index (χ1n) is 11.0. The number of ether oxygens (including phenoxy) is 2. The highest BCUT2D eigenvalue weighted by Crippen LogP contribution is 2.41. The molecule has 0 aliphatic carbocycles. The average Bonchev–Trinajstić information content (AvgIpc) is 3.15. The molecule has 1 heterocycles. The molecule has 0 bridgehead atoms. The van der Waals surface area contributed by atoms with Gasteiger partial charge in [0.25, 0.3) is 5.91 Å². The van der Waals surface area contributed by atoms with E-state index in [2.05, 4.69) is 34.1 Å². The van der Waals surface area contributed by atoms with Gasteiger partial charge in [-0.15, -0.1) is 0 Å². The van der Waals surface area contributed by atoms with Crippen LogP contribution in [0.5, 0.6) is 11.5 Å². The number of benzene rings is 4. The minimum Gasteiger partial charge on any atom is -0.493 e. The largest absolute Gasteiger partial charge is 0.493 e. The monoisotopic (exact) mass is 579 g/mol. The Balaban J connectivity index is 1.41. The number of carbonyl (C=O) groups is 1. The molecule has 1 aliphatic rings. The number of fused-ring (bicyclic) bond motifs is 1. The maximum absolute atomic E-state index is 14.3. The summed E-state index contributed by atoms with van der Waals surface area (Å²) in [6, 6.07) is 24.0. The van der Waals surface area contributed by atoms with E-state index >= 15 is 0 Å². The number of anilines is 1. The molecule has 5 rings (SSSR count). The Hall–Kier alpha value is -3.20. The fourth-order valence-corrected chi connectivity index (χ4v) is 5.85. The quantitative estimate of drug-likeness (QED) is 0.172. The van der Waals surface area contributed by atoms with Crippen molar-refractivity contribution < 1.29 is 18.7 Å². The van der Waals surface area contributed by atoms with Gasteiger partial charge in [-0.1, -0.05) is 78.6 Å². The smallest absolute Gasteiger partial charge is 0.270 e. The molecule has 0 aromatic heterocycles. The lowest BCUT2D eigenvalue weighted by Crippen LogP contribution is -2.28. The molecule has 1 aliphatic heterocycles. The maximum Gasteiger partial charge on any atom is 0.270 e. The molecule has 0 unspecified atom stereocenters. The van der Waals surface area contributed by atoms with Crippen molar-refractivity contribution in [2.75, 3.05) is 12.0 Å². The molecule has 4 aromatic carbocycles. The summed E-state index contributed by atoms with van der Waals surface area (Å²) in [6.45, 7) is 0.358. The van der Waals surface area contributed by atoms with Crippen LogP contribution in [0, 0.1) is 5.82 Å². The zero-order valence-electron chi connectivity index (χ0n) is 19.0. The number of para-hydroxylation sites is 1. The van der Waals surface area contributed by atoms with Gasteiger partial charge in [-0.2, -0.15) is 0 Å². The molecule has 0 radical (unpaired) electrons. The van der Waals surface area contributed by atoms with Gasteiger partial charge in [0.15, 0.2) is 15.8 Å². The van der Waals surface area contributed by atoms with E-state index in [0.717, 1.165) is 28.1 Å². The van der Waals surface area contributed by atoms with Gasteiger partial charge >= 0.3 is 0 Å². The first kappa shape index (κ1) is 24.5. The molecular formula is C28H19BrFNO3S2. The van der Waals surface area contributed by atoms with Crippen LogP contribution >= 0.6 is 39.9 Å². The third-order valence-electron chi connectivity index (χ3n) is 5.69. The van der Waals surface area contributed by atoms with Crippen molar-refractivity contribution in [1.29, 1.82) is 0 Å². The van der Waals surface area contributed by atoms with Gasteiger partial charge < -0.3 is 9.47 Å². The second-order valence-corrected chi connectivity index (χ2v) is 10.5. The average molecular weight is 581 g/mol. The normalized spacial score (nSPS) is 14.6. The summed E-state index contributed by atoms with van der Waals surface area (Å²) in [5.41, 5.74) is 1.91. The molecule has 0 saturated carbocycles. The van der Waals surface area contributed by atoms with Crippen LogP contribution in [0.15, 0.2) is 88.2 Å². The van der Waals surface area contributed by atoms with Gasteiger partial charge in [-0.3, -0.25) is 9.69 Å². The highest BCUT2D eigenvalue weighted by atomic mass is 79.9.